The van der Waals surface area contributed by atoms with Crippen LogP contribution < -0.4 is 0 Å². The Labute approximate surface area is 116 Å². The summed E-state index contributed by atoms with van der Waals surface area (Å²) >= 11 is 0. The van der Waals surface area contributed by atoms with Crippen LogP contribution in [0.25, 0.3) is 22.0 Å². The van der Waals surface area contributed by atoms with Crippen LogP contribution in [0.15, 0.2) is 54.7 Å². The smallest absolute Gasteiger partial charge is 0.336 e. The van der Waals surface area contributed by atoms with E-state index in [0.29, 0.717) is 5.56 Å². The molecular weight excluding hydrogens is 250 g/mol. The Kier molecular flexibility index (Phi) is 2.95. The van der Waals surface area contributed by atoms with Gasteiger partial charge in [-0.2, -0.15) is 0 Å². The first-order valence-corrected chi connectivity index (χ1v) is 6.35. The Morgan fingerprint density at radius 2 is 1.90 bits per heavy atom. The van der Waals surface area contributed by atoms with Crippen LogP contribution in [0.4, 0.5) is 0 Å². The quantitative estimate of drug-likeness (QED) is 0.762. The van der Waals surface area contributed by atoms with Gasteiger partial charge in [-0.3, -0.25) is 4.98 Å². The molecule has 3 rings (SSSR count). The molecule has 0 aliphatic carbocycles. The third-order valence-corrected chi connectivity index (χ3v) is 3.34. The molecule has 0 aliphatic heterocycles. The highest BCUT2D eigenvalue weighted by Crippen LogP contribution is 2.30. The third-order valence-electron chi connectivity index (χ3n) is 3.34. The molecule has 0 spiro atoms. The second-order valence-corrected chi connectivity index (χ2v) is 4.73. The van der Waals surface area contributed by atoms with E-state index in [1.807, 2.05) is 49.4 Å². The number of aryl methyl sites for hydroxylation is 1. The summed E-state index contributed by atoms with van der Waals surface area (Å²) in [5, 5.41) is 10.4. The first kappa shape index (κ1) is 12.4. The predicted molar refractivity (Wildman–Crippen MR) is 78.9 cm³/mol. The molecule has 2 aromatic carbocycles. The van der Waals surface area contributed by atoms with Gasteiger partial charge in [0, 0.05) is 11.6 Å². The fraction of sp³-hybridized carbons (Fsp3) is 0.0588. The van der Waals surface area contributed by atoms with Gasteiger partial charge in [-0.1, -0.05) is 35.9 Å². The van der Waals surface area contributed by atoms with Crippen LogP contribution >= 0.6 is 0 Å². The van der Waals surface area contributed by atoms with E-state index < -0.39 is 5.97 Å². The molecule has 98 valence electrons. The van der Waals surface area contributed by atoms with Gasteiger partial charge in [0.1, 0.15) is 0 Å². The minimum Gasteiger partial charge on any atom is -0.478 e. The van der Waals surface area contributed by atoms with Crippen LogP contribution in [0.1, 0.15) is 15.9 Å². The van der Waals surface area contributed by atoms with Gasteiger partial charge in [0.25, 0.3) is 0 Å². The lowest BCUT2D eigenvalue weighted by atomic mass is 9.95. The van der Waals surface area contributed by atoms with Crippen molar-refractivity contribution in [1.82, 2.24) is 4.98 Å². The molecule has 0 unspecified atom stereocenters. The molecule has 0 saturated heterocycles. The number of carboxylic acids is 1. The van der Waals surface area contributed by atoms with E-state index in [2.05, 4.69) is 4.98 Å². The van der Waals surface area contributed by atoms with Crippen molar-refractivity contribution in [3.05, 3.63) is 65.9 Å². The predicted octanol–water partition coefficient (Wildman–Crippen LogP) is 3.91. The SMILES string of the molecule is Cc1ccc(-c2cccc3ncccc23)c(C(=O)O)c1. The van der Waals surface area contributed by atoms with Crippen molar-refractivity contribution in [2.24, 2.45) is 0 Å². The highest BCUT2D eigenvalue weighted by atomic mass is 16.4. The zero-order chi connectivity index (χ0) is 14.1. The lowest BCUT2D eigenvalue weighted by Gasteiger charge is -2.10. The first-order chi connectivity index (χ1) is 9.66. The van der Waals surface area contributed by atoms with Crippen LogP contribution in [0.5, 0.6) is 0 Å². The largest absolute Gasteiger partial charge is 0.478 e. The lowest BCUT2D eigenvalue weighted by Crippen LogP contribution is -2.00. The van der Waals surface area contributed by atoms with Crippen LogP contribution in [0.3, 0.4) is 0 Å². The standard InChI is InChI=1S/C17H13NO2/c1-11-7-8-13(15(10-11)17(19)20)12-4-2-6-16-14(12)5-3-9-18-16/h2-10H,1H3,(H,19,20). The van der Waals surface area contributed by atoms with Crippen LogP contribution in [0, 0.1) is 6.92 Å². The lowest BCUT2D eigenvalue weighted by molar-refractivity contribution is 0.0697. The highest BCUT2D eigenvalue weighted by molar-refractivity contribution is 6.02. The normalized spacial score (nSPS) is 10.7. The molecule has 1 N–H and O–H groups in total. The molecule has 0 aliphatic rings. The molecule has 0 bridgehead atoms. The van der Waals surface area contributed by atoms with Crippen molar-refractivity contribution in [2.45, 2.75) is 6.92 Å². The number of carbonyl (C=O) groups is 1. The summed E-state index contributed by atoms with van der Waals surface area (Å²) in [5.74, 6) is -0.912. The number of rotatable bonds is 2. The number of fused-ring (bicyclic) bond motifs is 1. The van der Waals surface area contributed by atoms with Gasteiger partial charge >= 0.3 is 5.97 Å². The maximum absolute atomic E-state index is 11.5. The van der Waals surface area contributed by atoms with E-state index >= 15 is 0 Å². The molecule has 0 fully saturated rings. The molecule has 0 radical (unpaired) electrons. The maximum Gasteiger partial charge on any atom is 0.336 e. The third kappa shape index (κ3) is 2.03. The number of aromatic nitrogens is 1. The van der Waals surface area contributed by atoms with Crippen molar-refractivity contribution >= 4 is 16.9 Å². The average molecular weight is 263 g/mol. The molecule has 0 atom stereocenters. The van der Waals surface area contributed by atoms with Crippen LogP contribution in [0.2, 0.25) is 0 Å². The van der Waals surface area contributed by atoms with Crippen molar-refractivity contribution in [3.8, 4) is 11.1 Å². The van der Waals surface area contributed by atoms with E-state index in [4.69, 9.17) is 0 Å². The van der Waals surface area contributed by atoms with Gasteiger partial charge in [-0.15, -0.1) is 0 Å². The van der Waals surface area contributed by atoms with Crippen molar-refractivity contribution in [1.29, 1.82) is 0 Å². The number of nitrogens with zero attached hydrogens (tertiary/aromatic N) is 1. The van der Waals surface area contributed by atoms with Crippen molar-refractivity contribution in [2.75, 3.05) is 0 Å². The topological polar surface area (TPSA) is 50.2 Å². The maximum atomic E-state index is 11.5. The zero-order valence-corrected chi connectivity index (χ0v) is 11.0. The summed E-state index contributed by atoms with van der Waals surface area (Å²) in [6.07, 6.45) is 1.74. The Morgan fingerprint density at radius 1 is 1.05 bits per heavy atom. The summed E-state index contributed by atoms with van der Waals surface area (Å²) in [5.41, 5.74) is 3.74. The summed E-state index contributed by atoms with van der Waals surface area (Å²) in [4.78, 5) is 15.8. The molecule has 3 heteroatoms. The number of hydrogen-bond acceptors (Lipinski definition) is 2. The molecule has 0 saturated carbocycles. The first-order valence-electron chi connectivity index (χ1n) is 6.35. The number of hydrogen-bond donors (Lipinski definition) is 1. The molecule has 1 aromatic heterocycles. The van der Waals surface area contributed by atoms with Gasteiger partial charge in [-0.25, -0.2) is 4.79 Å². The van der Waals surface area contributed by atoms with E-state index in [0.717, 1.165) is 27.6 Å². The Bertz CT molecular complexity index is 804. The van der Waals surface area contributed by atoms with E-state index in [-0.39, 0.29) is 0 Å². The van der Waals surface area contributed by atoms with Crippen molar-refractivity contribution in [3.63, 3.8) is 0 Å². The second-order valence-electron chi connectivity index (χ2n) is 4.73. The van der Waals surface area contributed by atoms with Crippen molar-refractivity contribution < 1.29 is 9.90 Å². The van der Waals surface area contributed by atoms with Gasteiger partial charge in [0.15, 0.2) is 0 Å². The number of carboxylic acid groups (broad SMARTS) is 1. The Hall–Kier alpha value is -2.68. The Balaban J connectivity index is 2.34. The van der Waals surface area contributed by atoms with E-state index in [1.54, 1.807) is 12.3 Å². The fourth-order valence-electron chi connectivity index (χ4n) is 2.41. The van der Waals surface area contributed by atoms with Gasteiger partial charge < -0.3 is 5.11 Å². The summed E-state index contributed by atoms with van der Waals surface area (Å²) in [6, 6.07) is 15.1. The average Bonchev–Trinajstić information content (AvgIpc) is 2.46. The van der Waals surface area contributed by atoms with Crippen LogP contribution in [-0.2, 0) is 0 Å². The zero-order valence-electron chi connectivity index (χ0n) is 11.0. The minimum absolute atomic E-state index is 0.321. The second kappa shape index (κ2) is 4.78. The van der Waals surface area contributed by atoms with Gasteiger partial charge in [-0.05, 0) is 36.2 Å². The minimum atomic E-state index is -0.912. The molecule has 20 heavy (non-hydrogen) atoms. The summed E-state index contributed by atoms with van der Waals surface area (Å²) < 4.78 is 0. The number of benzene rings is 2. The Morgan fingerprint density at radius 3 is 2.70 bits per heavy atom. The summed E-state index contributed by atoms with van der Waals surface area (Å²) in [7, 11) is 0. The number of pyridine rings is 1. The van der Waals surface area contributed by atoms with Gasteiger partial charge in [0.2, 0.25) is 0 Å². The molecular formula is C17H13NO2. The summed E-state index contributed by atoms with van der Waals surface area (Å²) in [6.45, 7) is 1.89. The fourth-order valence-corrected chi connectivity index (χ4v) is 2.41. The molecule has 1 heterocycles. The highest BCUT2D eigenvalue weighted by Gasteiger charge is 2.13. The van der Waals surface area contributed by atoms with Crippen LogP contribution in [-0.4, -0.2) is 16.1 Å². The monoisotopic (exact) mass is 263 g/mol. The van der Waals surface area contributed by atoms with E-state index in [1.165, 1.54) is 0 Å². The molecule has 3 aromatic rings. The van der Waals surface area contributed by atoms with Gasteiger partial charge in [0.05, 0.1) is 11.1 Å². The molecule has 3 nitrogen and oxygen atoms in total. The molecule has 0 amide bonds. The van der Waals surface area contributed by atoms with E-state index in [9.17, 15) is 9.90 Å². The number of aromatic carboxylic acids is 1.